The maximum absolute atomic E-state index is 10.5. The van der Waals surface area contributed by atoms with Gasteiger partial charge in [0.2, 0.25) is 0 Å². The van der Waals surface area contributed by atoms with Crippen molar-refractivity contribution in [2.75, 3.05) is 183 Å². The summed E-state index contributed by atoms with van der Waals surface area (Å²) in [5.74, 6) is 0.535. The van der Waals surface area contributed by atoms with Gasteiger partial charge in [-0.2, -0.15) is 0 Å². The summed E-state index contributed by atoms with van der Waals surface area (Å²) in [7, 11) is -8.31. The summed E-state index contributed by atoms with van der Waals surface area (Å²) in [6, 6.07) is 5.74. The molecule has 0 bridgehead atoms. The number of rotatable bonds is 48. The average Bonchev–Trinajstić information content (AvgIpc) is 3.21. The molecule has 0 N–H and O–H groups in total. The summed E-state index contributed by atoms with van der Waals surface area (Å²) in [6.07, 6.45) is 1.62. The number of aryl methyl sites for hydroxylation is 1. The molecule has 0 amide bonds. The molecule has 20 nitrogen and oxygen atoms in total. The molecule has 0 aliphatic rings. The fourth-order valence-corrected chi connectivity index (χ4v) is 5.75. The van der Waals surface area contributed by atoms with Gasteiger partial charge in [-0.1, -0.05) is 6.07 Å². The van der Waals surface area contributed by atoms with Crippen LogP contribution < -0.4 is 112 Å². The number of hydrogen-bond acceptors (Lipinski definition) is 20. The minimum atomic E-state index is -4.15. The first-order chi connectivity index (χ1) is 29.6. The molecule has 0 fully saturated rings. The van der Waals surface area contributed by atoms with Gasteiger partial charge in [0.15, 0.2) is 11.5 Å². The van der Waals surface area contributed by atoms with E-state index in [1.54, 1.807) is 0 Å². The molecule has 0 saturated heterocycles. The summed E-state index contributed by atoms with van der Waals surface area (Å²) in [4.78, 5) is 0. The van der Waals surface area contributed by atoms with Crippen LogP contribution in [0, 0.1) is 6.92 Å². The zero-order valence-corrected chi connectivity index (χ0v) is 45.7. The van der Waals surface area contributed by atoms with Gasteiger partial charge in [0.1, 0.15) is 13.2 Å². The van der Waals surface area contributed by atoms with E-state index in [1.165, 1.54) is 0 Å². The van der Waals surface area contributed by atoms with Gasteiger partial charge < -0.3 is 75.4 Å². The first-order valence-electron chi connectivity index (χ1n) is 20.7. The standard InChI is InChI=1S/C39H72O20S2.2K/c1-37-6-7-38(58-32-30-56-28-26-54-24-22-52-20-18-50-16-14-48-12-10-46-8-2-4-34-60(40,41)42)39(36-37)59-33-31-57-29-27-55-25-23-53-21-19-51-17-15-49-13-11-47-9-3-5-35-61(43,44)45;;/h6-7,36H,2-5,8-35H2,1H3,(H,40,41,42)(H,43,44,45);;/q;2*+1/p-2. The Kier molecular flexibility index (Phi) is 51.2. The van der Waals surface area contributed by atoms with Gasteiger partial charge >= 0.3 is 103 Å². The average molecular weight is 1000 g/mol. The zero-order valence-electron chi connectivity index (χ0n) is 37.8. The Morgan fingerprint density at radius 3 is 0.857 bits per heavy atom. The number of unbranched alkanes of at least 4 members (excludes halogenated alkanes) is 2. The maximum atomic E-state index is 10.5. The number of hydrogen-bond donors (Lipinski definition) is 0. The summed E-state index contributed by atoms with van der Waals surface area (Å²) >= 11 is 0. The SMILES string of the molecule is Cc1ccc(OCCOCCOCCOCCOCCOCCOCCCCS(=O)(=O)[O-])c(OCCOCCOCCOCCOCCOCCOCCCCS(=O)(=O)[O-])c1.[K+].[K+]. The van der Waals surface area contributed by atoms with Crippen molar-refractivity contribution in [2.45, 2.75) is 32.6 Å². The van der Waals surface area contributed by atoms with E-state index >= 15 is 0 Å². The molecule has 1 aromatic carbocycles. The van der Waals surface area contributed by atoms with Gasteiger partial charge in [-0.15, -0.1) is 0 Å². The molecule has 0 aliphatic heterocycles. The maximum Gasteiger partial charge on any atom is 1.00 e. The first-order valence-corrected chi connectivity index (χ1v) is 23.9. The van der Waals surface area contributed by atoms with Gasteiger partial charge in [-0.3, -0.25) is 0 Å². The van der Waals surface area contributed by atoms with Crippen LogP contribution in [0.1, 0.15) is 31.2 Å². The monoisotopic (exact) mass is 1000 g/mol. The number of benzene rings is 1. The van der Waals surface area contributed by atoms with Crippen LogP contribution in [0.4, 0.5) is 0 Å². The summed E-state index contributed by atoms with van der Waals surface area (Å²) in [5.41, 5.74) is 1.05. The van der Waals surface area contributed by atoms with Crippen molar-refractivity contribution in [2.24, 2.45) is 0 Å². The minimum absolute atomic E-state index is 0. The van der Waals surface area contributed by atoms with Gasteiger partial charge in [-0.25, -0.2) is 16.8 Å². The Balaban J connectivity index is 0. The Morgan fingerprint density at radius 1 is 0.349 bits per heavy atom. The molecular weight excluding hydrogens is 931 g/mol. The van der Waals surface area contributed by atoms with Crippen molar-refractivity contribution >= 4 is 20.2 Å². The van der Waals surface area contributed by atoms with Crippen molar-refractivity contribution in [1.29, 1.82) is 0 Å². The molecule has 0 aliphatic carbocycles. The van der Waals surface area contributed by atoms with Crippen molar-refractivity contribution in [3.63, 3.8) is 0 Å². The van der Waals surface area contributed by atoms with Gasteiger partial charge in [0, 0.05) is 24.7 Å². The van der Waals surface area contributed by atoms with E-state index in [1.807, 2.05) is 25.1 Å². The van der Waals surface area contributed by atoms with Crippen LogP contribution in [0.25, 0.3) is 0 Å². The van der Waals surface area contributed by atoms with Crippen LogP contribution in [0.2, 0.25) is 0 Å². The van der Waals surface area contributed by atoms with E-state index in [9.17, 15) is 25.9 Å². The van der Waals surface area contributed by atoms with Crippen LogP contribution in [0.15, 0.2) is 18.2 Å². The third-order valence-corrected chi connectivity index (χ3v) is 9.23. The zero-order chi connectivity index (χ0) is 44.4. The molecule has 63 heavy (non-hydrogen) atoms. The second kappa shape index (κ2) is 48.5. The van der Waals surface area contributed by atoms with E-state index in [0.717, 1.165) is 5.56 Å². The van der Waals surface area contributed by atoms with E-state index in [2.05, 4.69) is 0 Å². The molecule has 0 heterocycles. The van der Waals surface area contributed by atoms with Crippen LogP contribution in [-0.4, -0.2) is 209 Å². The molecule has 1 aromatic rings. The fourth-order valence-electron chi connectivity index (χ4n) is 4.64. The molecule has 360 valence electrons. The van der Waals surface area contributed by atoms with Crippen LogP contribution in [0.3, 0.4) is 0 Å². The van der Waals surface area contributed by atoms with Crippen molar-refractivity contribution < 1.29 is 195 Å². The summed E-state index contributed by atoms with van der Waals surface area (Å²) in [5, 5.41) is 0. The van der Waals surface area contributed by atoms with E-state index in [0.29, 0.717) is 209 Å². The predicted octanol–water partition coefficient (Wildman–Crippen LogP) is -4.39. The smallest absolute Gasteiger partial charge is 0.748 e. The second-order valence-corrected chi connectivity index (χ2v) is 16.0. The summed E-state index contributed by atoms with van der Waals surface area (Å²) in [6.45, 7) is 12.8. The minimum Gasteiger partial charge on any atom is -0.748 e. The predicted molar refractivity (Wildman–Crippen MR) is 220 cm³/mol. The van der Waals surface area contributed by atoms with E-state index < -0.39 is 20.2 Å². The molecule has 0 unspecified atom stereocenters. The molecule has 24 heteroatoms. The number of ether oxygens (including phenoxy) is 14. The normalized spacial score (nSPS) is 11.7. The molecular formula is C39H70K2O20S2. The second-order valence-electron chi connectivity index (χ2n) is 12.9. The topological polar surface area (TPSA) is 244 Å². The fraction of sp³-hybridized carbons (Fsp3) is 0.846. The van der Waals surface area contributed by atoms with Crippen LogP contribution in [-0.2, 0) is 77.1 Å². The Hall–Kier alpha value is 1.43. The van der Waals surface area contributed by atoms with Crippen molar-refractivity contribution in [3.05, 3.63) is 23.8 Å². The summed E-state index contributed by atoms with van der Waals surface area (Å²) < 4.78 is 140. The van der Waals surface area contributed by atoms with E-state index in [4.69, 9.17) is 66.3 Å². The third kappa shape index (κ3) is 51.1. The van der Waals surface area contributed by atoms with Crippen LogP contribution in [0.5, 0.6) is 11.5 Å². The molecule has 0 atom stereocenters. The van der Waals surface area contributed by atoms with E-state index in [-0.39, 0.29) is 114 Å². The quantitative estimate of drug-likeness (QED) is 0.0340. The third-order valence-electron chi connectivity index (χ3n) is 7.66. The molecule has 0 spiro atoms. The Morgan fingerprint density at radius 2 is 0.587 bits per heavy atom. The molecule has 0 radical (unpaired) electrons. The van der Waals surface area contributed by atoms with Crippen molar-refractivity contribution in [1.82, 2.24) is 0 Å². The Labute approximate surface area is 460 Å². The molecule has 1 rings (SSSR count). The van der Waals surface area contributed by atoms with Crippen LogP contribution >= 0.6 is 0 Å². The van der Waals surface area contributed by atoms with Gasteiger partial charge in [0.05, 0.1) is 166 Å². The van der Waals surface area contributed by atoms with Gasteiger partial charge in [0.25, 0.3) is 0 Å². The first kappa shape index (κ1) is 66.5. The largest absolute Gasteiger partial charge is 1.00 e. The molecule has 0 aromatic heterocycles. The van der Waals surface area contributed by atoms with Crippen molar-refractivity contribution in [3.8, 4) is 11.5 Å². The van der Waals surface area contributed by atoms with Gasteiger partial charge in [-0.05, 0) is 50.3 Å². The molecule has 0 saturated carbocycles. The Bertz CT molecular complexity index is 1350.